The minimum Gasteiger partial charge on any atom is -0.315 e. The molecule has 1 aromatic rings. The molecule has 0 radical (unpaired) electrons. The number of nitrogens with one attached hydrogen (secondary N) is 1. The SMILES string of the molecule is CC(C)NCCC(C)(C)Cc1ccc(Cl)c(Cl)c1. The van der Waals surface area contributed by atoms with E-state index in [4.69, 9.17) is 23.2 Å². The van der Waals surface area contributed by atoms with E-state index >= 15 is 0 Å². The van der Waals surface area contributed by atoms with E-state index in [-0.39, 0.29) is 5.41 Å². The van der Waals surface area contributed by atoms with Gasteiger partial charge in [-0.2, -0.15) is 0 Å². The van der Waals surface area contributed by atoms with Gasteiger partial charge in [0.2, 0.25) is 0 Å². The summed E-state index contributed by atoms with van der Waals surface area (Å²) in [6.07, 6.45) is 2.16. The molecule has 1 nitrogen and oxygen atoms in total. The van der Waals surface area contributed by atoms with E-state index < -0.39 is 0 Å². The third kappa shape index (κ3) is 5.60. The van der Waals surface area contributed by atoms with Crippen LogP contribution in [-0.2, 0) is 6.42 Å². The second-order valence-corrected chi connectivity index (χ2v) is 6.76. The van der Waals surface area contributed by atoms with Crippen molar-refractivity contribution in [2.24, 2.45) is 5.41 Å². The summed E-state index contributed by atoms with van der Waals surface area (Å²) in [6.45, 7) is 9.97. The van der Waals surface area contributed by atoms with Crippen LogP contribution in [0, 0.1) is 5.41 Å². The molecule has 0 bridgehead atoms. The van der Waals surface area contributed by atoms with Gasteiger partial charge in [0.1, 0.15) is 0 Å². The van der Waals surface area contributed by atoms with Gasteiger partial charge >= 0.3 is 0 Å². The fourth-order valence-electron chi connectivity index (χ4n) is 1.99. The molecule has 0 aromatic heterocycles. The number of hydrogen-bond acceptors (Lipinski definition) is 1. The summed E-state index contributed by atoms with van der Waals surface area (Å²) in [6, 6.07) is 6.46. The van der Waals surface area contributed by atoms with Crippen LogP contribution >= 0.6 is 23.2 Å². The Balaban J connectivity index is 2.55. The highest BCUT2D eigenvalue weighted by Crippen LogP contribution is 2.29. The van der Waals surface area contributed by atoms with Gasteiger partial charge in [-0.3, -0.25) is 0 Å². The Morgan fingerprint density at radius 3 is 2.39 bits per heavy atom. The molecule has 0 atom stereocenters. The smallest absolute Gasteiger partial charge is 0.0595 e. The van der Waals surface area contributed by atoms with E-state index in [2.05, 4.69) is 39.1 Å². The Morgan fingerprint density at radius 2 is 1.83 bits per heavy atom. The van der Waals surface area contributed by atoms with Gasteiger partial charge in [-0.05, 0) is 42.5 Å². The standard InChI is InChI=1S/C15H23Cl2N/c1-11(2)18-8-7-15(3,4)10-12-5-6-13(16)14(17)9-12/h5-6,9,11,18H,7-8,10H2,1-4H3. The summed E-state index contributed by atoms with van der Waals surface area (Å²) >= 11 is 12.0. The third-order valence-corrected chi connectivity index (χ3v) is 3.76. The van der Waals surface area contributed by atoms with Gasteiger partial charge < -0.3 is 5.32 Å². The number of rotatable bonds is 6. The Hall–Kier alpha value is -0.240. The minimum atomic E-state index is 0.263. The zero-order valence-corrected chi connectivity index (χ0v) is 13.2. The Kier molecular flexibility index (Phi) is 5.97. The van der Waals surface area contributed by atoms with Crippen LogP contribution in [0.2, 0.25) is 10.0 Å². The zero-order valence-electron chi connectivity index (χ0n) is 11.7. The predicted molar refractivity (Wildman–Crippen MR) is 81.7 cm³/mol. The van der Waals surface area contributed by atoms with Gasteiger partial charge in [0.15, 0.2) is 0 Å². The lowest BCUT2D eigenvalue weighted by Crippen LogP contribution is -2.28. The fourth-order valence-corrected chi connectivity index (χ4v) is 2.31. The summed E-state index contributed by atoms with van der Waals surface area (Å²) in [7, 11) is 0. The third-order valence-electron chi connectivity index (χ3n) is 3.02. The average molecular weight is 288 g/mol. The van der Waals surface area contributed by atoms with Gasteiger partial charge in [-0.1, -0.05) is 57.0 Å². The van der Waals surface area contributed by atoms with Crippen molar-refractivity contribution < 1.29 is 0 Å². The van der Waals surface area contributed by atoms with Gasteiger partial charge in [-0.25, -0.2) is 0 Å². The van der Waals surface area contributed by atoms with Crippen LogP contribution in [0.3, 0.4) is 0 Å². The zero-order chi connectivity index (χ0) is 13.8. The van der Waals surface area contributed by atoms with E-state index in [1.807, 2.05) is 12.1 Å². The molecule has 3 heteroatoms. The van der Waals surface area contributed by atoms with Crippen molar-refractivity contribution in [2.45, 2.75) is 46.6 Å². The normalized spacial score (nSPS) is 12.2. The maximum absolute atomic E-state index is 6.04. The summed E-state index contributed by atoms with van der Waals surface area (Å²) in [5.41, 5.74) is 1.51. The van der Waals surface area contributed by atoms with Gasteiger partial charge in [0.05, 0.1) is 10.0 Å². The lowest BCUT2D eigenvalue weighted by molar-refractivity contribution is 0.320. The van der Waals surface area contributed by atoms with Crippen LogP contribution in [-0.4, -0.2) is 12.6 Å². The molecule has 0 aliphatic heterocycles. The van der Waals surface area contributed by atoms with Crippen molar-refractivity contribution in [3.63, 3.8) is 0 Å². The van der Waals surface area contributed by atoms with E-state index in [1.165, 1.54) is 5.56 Å². The number of benzene rings is 1. The van der Waals surface area contributed by atoms with E-state index in [9.17, 15) is 0 Å². The maximum Gasteiger partial charge on any atom is 0.0595 e. The van der Waals surface area contributed by atoms with Crippen molar-refractivity contribution in [3.05, 3.63) is 33.8 Å². The second-order valence-electron chi connectivity index (χ2n) is 5.95. The van der Waals surface area contributed by atoms with Crippen molar-refractivity contribution in [3.8, 4) is 0 Å². The lowest BCUT2D eigenvalue weighted by Gasteiger charge is -2.25. The van der Waals surface area contributed by atoms with Crippen LogP contribution in [0.15, 0.2) is 18.2 Å². The quantitative estimate of drug-likeness (QED) is 0.781. The first kappa shape index (κ1) is 15.8. The Morgan fingerprint density at radius 1 is 1.17 bits per heavy atom. The molecular weight excluding hydrogens is 265 g/mol. The van der Waals surface area contributed by atoms with Crippen LogP contribution in [0.5, 0.6) is 0 Å². The average Bonchev–Trinajstić information content (AvgIpc) is 2.22. The minimum absolute atomic E-state index is 0.263. The highest BCUT2D eigenvalue weighted by atomic mass is 35.5. The summed E-state index contributed by atoms with van der Waals surface area (Å²) in [4.78, 5) is 0. The van der Waals surface area contributed by atoms with E-state index in [1.54, 1.807) is 0 Å². The molecule has 0 amide bonds. The molecule has 0 fully saturated rings. The largest absolute Gasteiger partial charge is 0.315 e. The topological polar surface area (TPSA) is 12.0 Å². The van der Waals surface area contributed by atoms with Crippen molar-refractivity contribution >= 4 is 23.2 Å². The van der Waals surface area contributed by atoms with Crippen LogP contribution in [0.1, 0.15) is 39.7 Å². The second kappa shape index (κ2) is 6.79. The van der Waals surface area contributed by atoms with E-state index in [0.717, 1.165) is 19.4 Å². The van der Waals surface area contributed by atoms with Crippen LogP contribution < -0.4 is 5.32 Å². The van der Waals surface area contributed by atoms with Gasteiger partial charge in [0.25, 0.3) is 0 Å². The molecule has 1 rings (SSSR count). The van der Waals surface area contributed by atoms with Gasteiger partial charge in [0, 0.05) is 6.04 Å². The molecule has 102 valence electrons. The predicted octanol–water partition coefficient (Wildman–Crippen LogP) is 4.95. The number of hydrogen-bond donors (Lipinski definition) is 1. The summed E-state index contributed by atoms with van der Waals surface area (Å²) in [5.74, 6) is 0. The Labute approximate surface area is 121 Å². The summed E-state index contributed by atoms with van der Waals surface area (Å²) in [5, 5.41) is 4.73. The van der Waals surface area contributed by atoms with Crippen molar-refractivity contribution in [1.82, 2.24) is 5.32 Å². The first-order valence-electron chi connectivity index (χ1n) is 6.47. The lowest BCUT2D eigenvalue weighted by atomic mass is 9.82. The monoisotopic (exact) mass is 287 g/mol. The highest BCUT2D eigenvalue weighted by molar-refractivity contribution is 6.42. The first-order valence-corrected chi connectivity index (χ1v) is 7.23. The van der Waals surface area contributed by atoms with Crippen LogP contribution in [0.4, 0.5) is 0 Å². The molecule has 0 saturated carbocycles. The van der Waals surface area contributed by atoms with Crippen LogP contribution in [0.25, 0.3) is 0 Å². The molecule has 1 aromatic carbocycles. The first-order chi connectivity index (χ1) is 8.30. The van der Waals surface area contributed by atoms with E-state index in [0.29, 0.717) is 16.1 Å². The van der Waals surface area contributed by atoms with Crippen molar-refractivity contribution in [1.29, 1.82) is 0 Å². The van der Waals surface area contributed by atoms with Gasteiger partial charge in [-0.15, -0.1) is 0 Å². The number of halogens is 2. The molecule has 0 unspecified atom stereocenters. The maximum atomic E-state index is 6.04. The summed E-state index contributed by atoms with van der Waals surface area (Å²) < 4.78 is 0. The highest BCUT2D eigenvalue weighted by Gasteiger charge is 2.18. The molecular formula is C15H23Cl2N. The molecule has 18 heavy (non-hydrogen) atoms. The van der Waals surface area contributed by atoms with Crippen molar-refractivity contribution in [2.75, 3.05) is 6.54 Å². The molecule has 1 N–H and O–H groups in total. The molecule has 0 aliphatic rings. The fraction of sp³-hybridized carbons (Fsp3) is 0.600. The molecule has 0 aliphatic carbocycles. The molecule has 0 heterocycles. The molecule has 0 spiro atoms. The molecule has 0 saturated heterocycles. The Bertz CT molecular complexity index is 386.